The lowest BCUT2D eigenvalue weighted by atomic mass is 9.93. The van der Waals surface area contributed by atoms with Crippen LogP contribution in [0.3, 0.4) is 0 Å². The zero-order valence-corrected chi connectivity index (χ0v) is 19.8. The summed E-state index contributed by atoms with van der Waals surface area (Å²) in [5.74, 6) is 1.27. The number of nitrogens with zero attached hydrogens (tertiary/aromatic N) is 1. The maximum Gasteiger partial charge on any atom is 0.251 e. The average molecular weight is 484 g/mol. The van der Waals surface area contributed by atoms with Crippen LogP contribution in [0.25, 0.3) is 11.1 Å². The Morgan fingerprint density at radius 2 is 1.94 bits per heavy atom. The molecule has 2 aliphatic rings. The predicted molar refractivity (Wildman–Crippen MR) is 130 cm³/mol. The van der Waals surface area contributed by atoms with Crippen LogP contribution in [0.5, 0.6) is 0 Å². The third-order valence-electron chi connectivity index (χ3n) is 6.42. The van der Waals surface area contributed by atoms with Gasteiger partial charge in [0.15, 0.2) is 0 Å². The first-order valence-corrected chi connectivity index (χ1v) is 11.9. The summed E-state index contributed by atoms with van der Waals surface area (Å²) in [6.45, 7) is 4.78. The number of amides is 1. The summed E-state index contributed by atoms with van der Waals surface area (Å²) in [6, 6.07) is 12.4. The summed E-state index contributed by atoms with van der Waals surface area (Å²) in [6.07, 6.45) is 2.78. The van der Waals surface area contributed by atoms with E-state index < -0.39 is 5.82 Å². The molecule has 1 aliphatic heterocycles. The standard InChI is InChI=1S/C26H24Cl2FN3O/c1-13(2)11-31-26(33)15-5-3-14(4-6-15)16-9-19-17-10-18(17)24(32-25(19)30-12-16)22-20(27)7-8-21(29)23(22)28/h3-9,12-13,17-18,24H,10-11H2,1-2H3,(H,30,32)(H,31,33). The lowest BCUT2D eigenvalue weighted by Gasteiger charge is -2.28. The van der Waals surface area contributed by atoms with Crippen LogP contribution in [0.2, 0.25) is 10.0 Å². The Labute approximate surface area is 202 Å². The lowest BCUT2D eigenvalue weighted by molar-refractivity contribution is 0.0949. The molecule has 0 radical (unpaired) electrons. The quantitative estimate of drug-likeness (QED) is 0.390. The van der Waals surface area contributed by atoms with Crippen molar-refractivity contribution in [1.29, 1.82) is 0 Å². The Hall–Kier alpha value is -2.63. The molecular formula is C26H24Cl2FN3O. The number of halogens is 3. The number of hydrogen-bond acceptors (Lipinski definition) is 3. The van der Waals surface area contributed by atoms with Gasteiger partial charge in [-0.05, 0) is 65.6 Å². The highest BCUT2D eigenvalue weighted by molar-refractivity contribution is 6.36. The molecule has 7 heteroatoms. The minimum atomic E-state index is -0.467. The van der Waals surface area contributed by atoms with E-state index in [0.29, 0.717) is 40.4 Å². The van der Waals surface area contributed by atoms with Gasteiger partial charge in [-0.3, -0.25) is 4.79 Å². The number of nitrogens with one attached hydrogen (secondary N) is 2. The fraction of sp³-hybridized carbons (Fsp3) is 0.308. The normalized spacial score (nSPS) is 20.6. The van der Waals surface area contributed by atoms with E-state index in [1.54, 1.807) is 6.07 Å². The molecule has 1 aromatic heterocycles. The number of aromatic nitrogens is 1. The van der Waals surface area contributed by atoms with Crippen LogP contribution in [0.1, 0.15) is 53.7 Å². The van der Waals surface area contributed by atoms with Gasteiger partial charge in [0, 0.05) is 34.5 Å². The molecule has 33 heavy (non-hydrogen) atoms. The summed E-state index contributed by atoms with van der Waals surface area (Å²) >= 11 is 12.7. The molecule has 2 heterocycles. The summed E-state index contributed by atoms with van der Waals surface area (Å²) < 4.78 is 14.1. The van der Waals surface area contributed by atoms with Gasteiger partial charge in [0.2, 0.25) is 0 Å². The number of carbonyl (C=O) groups is 1. The van der Waals surface area contributed by atoms with Gasteiger partial charge < -0.3 is 10.6 Å². The topological polar surface area (TPSA) is 54.0 Å². The van der Waals surface area contributed by atoms with E-state index in [1.165, 1.54) is 6.07 Å². The molecule has 2 aromatic carbocycles. The Morgan fingerprint density at radius 3 is 2.67 bits per heavy atom. The van der Waals surface area contributed by atoms with E-state index in [9.17, 15) is 9.18 Å². The first-order valence-electron chi connectivity index (χ1n) is 11.1. The van der Waals surface area contributed by atoms with Gasteiger partial charge in [-0.25, -0.2) is 9.37 Å². The van der Waals surface area contributed by atoms with Crippen LogP contribution in [-0.2, 0) is 0 Å². The Bertz CT molecular complexity index is 1230. The molecule has 3 aromatic rings. The third-order valence-corrected chi connectivity index (χ3v) is 7.13. The number of benzene rings is 2. The number of hydrogen-bond donors (Lipinski definition) is 2. The molecule has 170 valence electrons. The van der Waals surface area contributed by atoms with E-state index >= 15 is 0 Å². The maximum absolute atomic E-state index is 14.1. The lowest BCUT2D eigenvalue weighted by Crippen LogP contribution is -2.27. The van der Waals surface area contributed by atoms with Crippen LogP contribution in [0.15, 0.2) is 48.7 Å². The van der Waals surface area contributed by atoms with Crippen LogP contribution < -0.4 is 10.6 Å². The number of anilines is 1. The van der Waals surface area contributed by atoms with Crippen molar-refractivity contribution in [2.45, 2.75) is 32.2 Å². The average Bonchev–Trinajstić information content (AvgIpc) is 3.61. The van der Waals surface area contributed by atoms with E-state index in [4.69, 9.17) is 23.2 Å². The van der Waals surface area contributed by atoms with Crippen molar-refractivity contribution >= 4 is 34.9 Å². The van der Waals surface area contributed by atoms with E-state index in [1.807, 2.05) is 30.5 Å². The minimum Gasteiger partial charge on any atom is -0.363 e. The molecular weight excluding hydrogens is 460 g/mol. The van der Waals surface area contributed by atoms with Gasteiger partial charge >= 0.3 is 0 Å². The Balaban J connectivity index is 1.38. The molecule has 2 N–H and O–H groups in total. The predicted octanol–water partition coefficient (Wildman–Crippen LogP) is 6.85. The van der Waals surface area contributed by atoms with Crippen molar-refractivity contribution in [3.63, 3.8) is 0 Å². The Morgan fingerprint density at radius 1 is 1.18 bits per heavy atom. The molecule has 1 saturated carbocycles. The largest absolute Gasteiger partial charge is 0.363 e. The number of rotatable bonds is 5. The summed E-state index contributed by atoms with van der Waals surface area (Å²) in [5, 5.41) is 6.91. The van der Waals surface area contributed by atoms with Crippen molar-refractivity contribution in [2.24, 2.45) is 11.8 Å². The van der Waals surface area contributed by atoms with Crippen molar-refractivity contribution in [3.8, 4) is 11.1 Å². The highest BCUT2D eigenvalue weighted by Gasteiger charge is 2.50. The molecule has 4 nitrogen and oxygen atoms in total. The van der Waals surface area contributed by atoms with Gasteiger partial charge in [0.05, 0.1) is 11.1 Å². The number of carbonyl (C=O) groups excluding carboxylic acids is 1. The summed E-state index contributed by atoms with van der Waals surface area (Å²) in [4.78, 5) is 16.9. The van der Waals surface area contributed by atoms with E-state index in [-0.39, 0.29) is 17.0 Å². The molecule has 0 bridgehead atoms. The zero-order chi connectivity index (χ0) is 23.3. The third kappa shape index (κ3) is 4.20. The van der Waals surface area contributed by atoms with Gasteiger partial charge in [0.1, 0.15) is 11.6 Å². The van der Waals surface area contributed by atoms with Crippen LogP contribution >= 0.6 is 23.2 Å². The monoisotopic (exact) mass is 483 g/mol. The Kier molecular flexibility index (Phi) is 5.79. The van der Waals surface area contributed by atoms with Crippen LogP contribution in [0, 0.1) is 17.7 Å². The van der Waals surface area contributed by atoms with Crippen LogP contribution in [0.4, 0.5) is 10.2 Å². The second kappa shape index (κ2) is 8.62. The molecule has 1 amide bonds. The van der Waals surface area contributed by atoms with Gasteiger partial charge in [-0.15, -0.1) is 0 Å². The second-order valence-corrected chi connectivity index (χ2v) is 10.0. The van der Waals surface area contributed by atoms with Gasteiger partial charge in [-0.2, -0.15) is 0 Å². The fourth-order valence-corrected chi connectivity index (χ4v) is 5.17. The molecule has 0 spiro atoms. The second-order valence-electron chi connectivity index (χ2n) is 9.23. The first kappa shape index (κ1) is 22.2. The first-order chi connectivity index (χ1) is 15.8. The highest BCUT2D eigenvalue weighted by Crippen LogP contribution is 2.61. The number of fused-ring (bicyclic) bond motifs is 3. The molecule has 1 aliphatic carbocycles. The maximum atomic E-state index is 14.1. The molecule has 3 unspecified atom stereocenters. The summed E-state index contributed by atoms with van der Waals surface area (Å²) in [5.41, 5.74) is 4.39. The van der Waals surface area contributed by atoms with Crippen molar-refractivity contribution in [2.75, 3.05) is 11.9 Å². The molecule has 0 saturated heterocycles. The minimum absolute atomic E-state index is 0.0652. The molecule has 1 fully saturated rings. The van der Waals surface area contributed by atoms with E-state index in [0.717, 1.165) is 28.9 Å². The van der Waals surface area contributed by atoms with Gasteiger partial charge in [0.25, 0.3) is 5.91 Å². The van der Waals surface area contributed by atoms with Crippen molar-refractivity contribution in [1.82, 2.24) is 10.3 Å². The highest BCUT2D eigenvalue weighted by atomic mass is 35.5. The van der Waals surface area contributed by atoms with E-state index in [2.05, 4.69) is 35.5 Å². The SMILES string of the molecule is CC(C)CNC(=O)c1ccc(-c2cnc3c(c2)C2CC2C(c2c(Cl)ccc(F)c2Cl)N3)cc1. The molecule has 3 atom stereocenters. The van der Waals surface area contributed by atoms with Crippen molar-refractivity contribution in [3.05, 3.63) is 81.2 Å². The van der Waals surface area contributed by atoms with Gasteiger partial charge in [-0.1, -0.05) is 49.2 Å². The zero-order valence-electron chi connectivity index (χ0n) is 18.3. The smallest absolute Gasteiger partial charge is 0.251 e. The number of pyridine rings is 1. The fourth-order valence-electron chi connectivity index (χ4n) is 4.56. The molecule has 5 rings (SSSR count). The van der Waals surface area contributed by atoms with Crippen LogP contribution in [-0.4, -0.2) is 17.4 Å². The van der Waals surface area contributed by atoms with Crippen molar-refractivity contribution < 1.29 is 9.18 Å². The summed E-state index contributed by atoms with van der Waals surface area (Å²) in [7, 11) is 0.